The third-order valence-electron chi connectivity index (χ3n) is 5.23. The molecule has 0 saturated carbocycles. The molecule has 2 saturated heterocycles. The predicted octanol–water partition coefficient (Wildman–Crippen LogP) is 2.43. The number of anilines is 2. The number of carbonyl (C=O) groups is 1. The Morgan fingerprint density at radius 2 is 1.65 bits per heavy atom. The molecule has 1 amide bonds. The minimum atomic E-state index is 0.117. The lowest BCUT2D eigenvalue weighted by molar-refractivity contribution is 0.0724. The van der Waals surface area contributed by atoms with Crippen LogP contribution >= 0.6 is 0 Å². The molecule has 0 radical (unpaired) electrons. The minimum Gasteiger partial charge on any atom is -0.367 e. The van der Waals surface area contributed by atoms with Crippen molar-refractivity contribution in [2.75, 3.05) is 49.1 Å². The van der Waals surface area contributed by atoms with Crippen LogP contribution in [-0.2, 0) is 0 Å². The van der Waals surface area contributed by atoms with E-state index < -0.39 is 0 Å². The average molecular weight is 351 g/mol. The van der Waals surface area contributed by atoms with Crippen molar-refractivity contribution >= 4 is 17.4 Å². The van der Waals surface area contributed by atoms with Crippen LogP contribution in [0.2, 0.25) is 0 Å². The fourth-order valence-electron chi connectivity index (χ4n) is 3.73. The van der Waals surface area contributed by atoms with Gasteiger partial charge < -0.3 is 14.7 Å². The first kappa shape index (κ1) is 16.8. The molecule has 0 aromatic carbocycles. The van der Waals surface area contributed by atoms with Crippen LogP contribution in [0.15, 0.2) is 42.9 Å². The highest BCUT2D eigenvalue weighted by Gasteiger charge is 2.21. The number of nitrogens with zero attached hydrogens (tertiary/aromatic N) is 5. The summed E-state index contributed by atoms with van der Waals surface area (Å²) < 4.78 is 0. The molecule has 136 valence electrons. The zero-order chi connectivity index (χ0) is 17.8. The Balaban J connectivity index is 1.42. The van der Waals surface area contributed by atoms with E-state index >= 15 is 0 Å². The number of rotatable bonds is 3. The maximum atomic E-state index is 12.7. The van der Waals surface area contributed by atoms with Crippen LogP contribution in [0.5, 0.6) is 0 Å². The fourth-order valence-corrected chi connectivity index (χ4v) is 3.73. The number of pyridine rings is 2. The maximum Gasteiger partial charge on any atom is 0.255 e. The van der Waals surface area contributed by atoms with Crippen molar-refractivity contribution in [1.29, 1.82) is 0 Å². The molecule has 0 bridgehead atoms. The zero-order valence-electron chi connectivity index (χ0n) is 15.0. The largest absolute Gasteiger partial charge is 0.367 e. The quantitative estimate of drug-likeness (QED) is 0.850. The van der Waals surface area contributed by atoms with Gasteiger partial charge in [-0.3, -0.25) is 9.78 Å². The van der Waals surface area contributed by atoms with Crippen LogP contribution in [0.3, 0.4) is 0 Å². The van der Waals surface area contributed by atoms with E-state index in [2.05, 4.69) is 25.8 Å². The Morgan fingerprint density at radius 3 is 2.38 bits per heavy atom. The molecule has 2 aliphatic rings. The average Bonchev–Trinajstić information content (AvgIpc) is 2.75. The van der Waals surface area contributed by atoms with Gasteiger partial charge in [0.1, 0.15) is 5.82 Å². The summed E-state index contributed by atoms with van der Waals surface area (Å²) in [5.41, 5.74) is 1.74. The SMILES string of the molecule is O=C(c1cncc(N2CCN(c3ccccn3)CC2)c1)N1CCCCC1. The third-order valence-corrected chi connectivity index (χ3v) is 5.23. The van der Waals surface area contributed by atoms with Crippen LogP contribution < -0.4 is 9.80 Å². The Labute approximate surface area is 154 Å². The van der Waals surface area contributed by atoms with Crippen LogP contribution in [0.1, 0.15) is 29.6 Å². The first-order valence-electron chi connectivity index (χ1n) is 9.46. The van der Waals surface area contributed by atoms with Gasteiger partial charge in [-0.05, 0) is 37.5 Å². The van der Waals surface area contributed by atoms with Crippen LogP contribution in [-0.4, -0.2) is 60.0 Å². The molecule has 0 spiro atoms. The van der Waals surface area contributed by atoms with Crippen molar-refractivity contribution < 1.29 is 4.79 Å². The van der Waals surface area contributed by atoms with E-state index in [0.717, 1.165) is 63.6 Å². The van der Waals surface area contributed by atoms with Crippen LogP contribution in [0.4, 0.5) is 11.5 Å². The second kappa shape index (κ2) is 7.72. The first-order chi connectivity index (χ1) is 12.8. The lowest BCUT2D eigenvalue weighted by Crippen LogP contribution is -2.47. The summed E-state index contributed by atoms with van der Waals surface area (Å²) in [5, 5.41) is 0. The van der Waals surface area contributed by atoms with E-state index in [4.69, 9.17) is 0 Å². The smallest absolute Gasteiger partial charge is 0.255 e. The van der Waals surface area contributed by atoms with Gasteiger partial charge >= 0.3 is 0 Å². The summed E-state index contributed by atoms with van der Waals surface area (Å²) in [7, 11) is 0. The molecular weight excluding hydrogens is 326 g/mol. The van der Waals surface area contributed by atoms with E-state index in [1.807, 2.05) is 35.5 Å². The molecule has 4 heterocycles. The molecule has 4 rings (SSSR count). The lowest BCUT2D eigenvalue weighted by atomic mass is 10.1. The Hall–Kier alpha value is -2.63. The topological polar surface area (TPSA) is 52.6 Å². The molecular formula is C20H25N5O. The normalized spacial score (nSPS) is 18.1. The van der Waals surface area contributed by atoms with E-state index in [-0.39, 0.29) is 5.91 Å². The second-order valence-corrected chi connectivity index (χ2v) is 6.95. The number of piperidine rings is 1. The second-order valence-electron chi connectivity index (χ2n) is 6.95. The standard InChI is InChI=1S/C20H25N5O/c26-20(25-8-4-1-5-9-25)17-14-18(16-21-15-17)23-10-12-24(13-11-23)19-6-2-3-7-22-19/h2-3,6-7,14-16H,1,4-5,8-13H2. The van der Waals surface area contributed by atoms with Crippen molar-refractivity contribution in [2.24, 2.45) is 0 Å². The Kier molecular flexibility index (Phi) is 5.00. The van der Waals surface area contributed by atoms with Crippen molar-refractivity contribution in [2.45, 2.75) is 19.3 Å². The van der Waals surface area contributed by atoms with Gasteiger partial charge in [0.25, 0.3) is 5.91 Å². The van der Waals surface area contributed by atoms with Crippen LogP contribution in [0, 0.1) is 0 Å². The summed E-state index contributed by atoms with van der Waals surface area (Å²) in [4.78, 5) is 28.1. The molecule has 2 aromatic rings. The van der Waals surface area contributed by atoms with Crippen LogP contribution in [0.25, 0.3) is 0 Å². The highest BCUT2D eigenvalue weighted by molar-refractivity contribution is 5.94. The molecule has 2 aromatic heterocycles. The van der Waals surface area contributed by atoms with Gasteiger partial charge in [0.05, 0.1) is 17.4 Å². The number of hydrogen-bond donors (Lipinski definition) is 0. The molecule has 0 aliphatic carbocycles. The molecule has 2 fully saturated rings. The van der Waals surface area contributed by atoms with Gasteiger partial charge in [0.2, 0.25) is 0 Å². The molecule has 0 atom stereocenters. The number of carbonyl (C=O) groups excluding carboxylic acids is 1. The molecule has 0 N–H and O–H groups in total. The molecule has 0 unspecified atom stereocenters. The summed E-state index contributed by atoms with van der Waals surface area (Å²) in [6, 6.07) is 8.01. The van der Waals surface area contributed by atoms with E-state index in [9.17, 15) is 4.79 Å². The predicted molar refractivity (Wildman–Crippen MR) is 103 cm³/mol. The third kappa shape index (κ3) is 3.64. The molecule has 2 aliphatic heterocycles. The van der Waals surface area contributed by atoms with Crippen molar-refractivity contribution in [3.05, 3.63) is 48.4 Å². The molecule has 26 heavy (non-hydrogen) atoms. The van der Waals surface area contributed by atoms with Gasteiger partial charge in [-0.15, -0.1) is 0 Å². The zero-order valence-corrected chi connectivity index (χ0v) is 15.0. The van der Waals surface area contributed by atoms with Gasteiger partial charge in [0, 0.05) is 51.7 Å². The summed E-state index contributed by atoms with van der Waals surface area (Å²) in [6.45, 7) is 5.37. The summed E-state index contributed by atoms with van der Waals surface area (Å²) in [6.07, 6.45) is 8.83. The van der Waals surface area contributed by atoms with Crippen molar-refractivity contribution in [3.63, 3.8) is 0 Å². The maximum absolute atomic E-state index is 12.7. The van der Waals surface area contributed by atoms with Crippen molar-refractivity contribution in [3.8, 4) is 0 Å². The van der Waals surface area contributed by atoms with Gasteiger partial charge in [-0.25, -0.2) is 4.98 Å². The number of amides is 1. The van der Waals surface area contributed by atoms with Gasteiger partial charge in [-0.1, -0.05) is 6.07 Å². The van der Waals surface area contributed by atoms with E-state index in [1.54, 1.807) is 6.20 Å². The van der Waals surface area contributed by atoms with E-state index in [0.29, 0.717) is 5.56 Å². The minimum absolute atomic E-state index is 0.117. The lowest BCUT2D eigenvalue weighted by Gasteiger charge is -2.36. The molecule has 6 heteroatoms. The Bertz CT molecular complexity index is 737. The number of likely N-dealkylation sites (tertiary alicyclic amines) is 1. The summed E-state index contributed by atoms with van der Waals surface area (Å²) in [5.74, 6) is 1.14. The number of aromatic nitrogens is 2. The number of piperazine rings is 1. The van der Waals surface area contributed by atoms with Gasteiger partial charge in [-0.2, -0.15) is 0 Å². The van der Waals surface area contributed by atoms with E-state index in [1.165, 1.54) is 6.42 Å². The van der Waals surface area contributed by atoms with Gasteiger partial charge in [0.15, 0.2) is 0 Å². The highest BCUT2D eigenvalue weighted by atomic mass is 16.2. The molecule has 6 nitrogen and oxygen atoms in total. The Morgan fingerprint density at radius 1 is 0.885 bits per heavy atom. The first-order valence-corrected chi connectivity index (χ1v) is 9.46. The van der Waals surface area contributed by atoms with Crippen molar-refractivity contribution in [1.82, 2.24) is 14.9 Å². The fraction of sp³-hybridized carbons (Fsp3) is 0.450. The monoisotopic (exact) mass is 351 g/mol. The highest BCUT2D eigenvalue weighted by Crippen LogP contribution is 2.21. The summed E-state index contributed by atoms with van der Waals surface area (Å²) >= 11 is 0. The number of hydrogen-bond acceptors (Lipinski definition) is 5.